The van der Waals surface area contributed by atoms with E-state index in [0.29, 0.717) is 5.56 Å². The lowest BCUT2D eigenvalue weighted by molar-refractivity contribution is 0.0693. The second-order valence-corrected chi connectivity index (χ2v) is 6.04. The Morgan fingerprint density at radius 3 is 2.31 bits per heavy atom. The summed E-state index contributed by atoms with van der Waals surface area (Å²) in [5.41, 5.74) is 2.99. The minimum Gasteiger partial charge on any atom is -0.507 e. The molecule has 4 heteroatoms. The molecule has 0 saturated heterocycles. The van der Waals surface area contributed by atoms with Gasteiger partial charge in [0.25, 0.3) is 0 Å². The molecule has 0 aromatic heterocycles. The Morgan fingerprint density at radius 2 is 1.58 bits per heavy atom. The average Bonchev–Trinajstić information content (AvgIpc) is 2.66. The van der Waals surface area contributed by atoms with Crippen molar-refractivity contribution in [1.82, 2.24) is 0 Å². The van der Waals surface area contributed by atoms with Crippen LogP contribution in [-0.2, 0) is 19.4 Å². The number of hydrogen-bond donors (Lipinski definition) is 2. The molecule has 0 aliphatic carbocycles. The Bertz CT molecular complexity index is 888. The second-order valence-electron chi connectivity index (χ2n) is 6.04. The molecule has 0 bridgehead atoms. The van der Waals surface area contributed by atoms with E-state index in [0.717, 1.165) is 24.2 Å². The Morgan fingerprint density at radius 1 is 0.846 bits per heavy atom. The van der Waals surface area contributed by atoms with E-state index in [1.807, 2.05) is 42.5 Å². The Hall–Kier alpha value is -3.27. The summed E-state index contributed by atoms with van der Waals surface area (Å²) >= 11 is 0. The first-order chi connectivity index (χ1) is 12.6. The lowest BCUT2D eigenvalue weighted by Crippen LogP contribution is -2.02. The molecule has 0 aliphatic rings. The predicted octanol–water partition coefficient (Wildman–Crippen LogP) is 4.45. The molecular weight excluding hydrogens is 328 g/mol. The van der Waals surface area contributed by atoms with E-state index in [9.17, 15) is 9.90 Å². The number of aromatic carboxylic acids is 1. The summed E-state index contributed by atoms with van der Waals surface area (Å²) < 4.78 is 5.91. The van der Waals surface area contributed by atoms with Crippen LogP contribution in [0.25, 0.3) is 0 Å². The number of aromatic hydroxyl groups is 1. The van der Waals surface area contributed by atoms with E-state index >= 15 is 0 Å². The number of carboxylic acids is 1. The molecule has 0 atom stereocenters. The summed E-state index contributed by atoms with van der Waals surface area (Å²) in [6.45, 7) is 0.260. The summed E-state index contributed by atoms with van der Waals surface area (Å²) in [5, 5.41) is 18.8. The summed E-state index contributed by atoms with van der Waals surface area (Å²) in [5.74, 6) is -0.609. The summed E-state index contributed by atoms with van der Waals surface area (Å²) in [7, 11) is 0. The third kappa shape index (κ3) is 4.42. The van der Waals surface area contributed by atoms with Crippen molar-refractivity contribution in [1.29, 1.82) is 0 Å². The van der Waals surface area contributed by atoms with Crippen LogP contribution in [0.1, 0.15) is 27.0 Å². The van der Waals surface area contributed by atoms with Crippen LogP contribution in [0.4, 0.5) is 0 Å². The average molecular weight is 348 g/mol. The topological polar surface area (TPSA) is 66.8 Å². The first-order valence-corrected chi connectivity index (χ1v) is 8.43. The normalized spacial score (nSPS) is 10.5. The molecule has 0 spiro atoms. The fourth-order valence-electron chi connectivity index (χ4n) is 2.78. The lowest BCUT2D eigenvalue weighted by atomic mass is 10.0. The molecular formula is C22H20O4. The first kappa shape index (κ1) is 17.5. The molecule has 26 heavy (non-hydrogen) atoms. The number of aryl methyl sites for hydroxylation is 2. The highest BCUT2D eigenvalue weighted by Gasteiger charge is 2.10. The quantitative estimate of drug-likeness (QED) is 0.662. The summed E-state index contributed by atoms with van der Waals surface area (Å²) in [6, 6.07) is 22.6. The van der Waals surface area contributed by atoms with Gasteiger partial charge in [-0.1, -0.05) is 54.6 Å². The van der Waals surface area contributed by atoms with Gasteiger partial charge in [-0.3, -0.25) is 0 Å². The standard InChI is InChI=1S/C22H20O4/c23-20-14-17(11-13-19(20)22(24)25)15-26-21-9-5-4-8-18(21)12-10-16-6-2-1-3-7-16/h1-9,11,13-14,23H,10,12,15H2,(H,24,25). The van der Waals surface area contributed by atoms with E-state index in [1.165, 1.54) is 17.7 Å². The Balaban J connectivity index is 1.67. The molecule has 3 aromatic carbocycles. The van der Waals surface area contributed by atoms with Gasteiger partial charge in [0, 0.05) is 0 Å². The van der Waals surface area contributed by atoms with Crippen LogP contribution < -0.4 is 4.74 Å². The number of carboxylic acid groups (broad SMARTS) is 1. The van der Waals surface area contributed by atoms with Gasteiger partial charge in [-0.05, 0) is 47.7 Å². The van der Waals surface area contributed by atoms with E-state index in [2.05, 4.69) is 12.1 Å². The molecule has 0 fully saturated rings. The van der Waals surface area contributed by atoms with Crippen LogP contribution in [0.15, 0.2) is 72.8 Å². The van der Waals surface area contributed by atoms with Gasteiger partial charge in [-0.2, -0.15) is 0 Å². The molecule has 0 unspecified atom stereocenters. The molecule has 0 aliphatic heterocycles. The minimum absolute atomic E-state index is 0.114. The number of rotatable bonds is 7. The smallest absolute Gasteiger partial charge is 0.339 e. The van der Waals surface area contributed by atoms with Crippen molar-refractivity contribution >= 4 is 5.97 Å². The lowest BCUT2D eigenvalue weighted by Gasteiger charge is -2.12. The van der Waals surface area contributed by atoms with E-state index in [4.69, 9.17) is 9.84 Å². The maximum Gasteiger partial charge on any atom is 0.339 e. The van der Waals surface area contributed by atoms with Gasteiger partial charge in [-0.15, -0.1) is 0 Å². The molecule has 132 valence electrons. The minimum atomic E-state index is -1.15. The fourth-order valence-corrected chi connectivity index (χ4v) is 2.78. The van der Waals surface area contributed by atoms with Gasteiger partial charge in [0.15, 0.2) is 0 Å². The second kappa shape index (κ2) is 8.21. The first-order valence-electron chi connectivity index (χ1n) is 8.43. The van der Waals surface area contributed by atoms with Crippen LogP contribution >= 0.6 is 0 Å². The molecule has 0 heterocycles. The van der Waals surface area contributed by atoms with Crippen LogP contribution in [-0.4, -0.2) is 16.2 Å². The third-order valence-electron chi connectivity index (χ3n) is 4.19. The van der Waals surface area contributed by atoms with Crippen molar-refractivity contribution in [2.45, 2.75) is 19.4 Å². The summed E-state index contributed by atoms with van der Waals surface area (Å²) in [6.07, 6.45) is 1.79. The highest BCUT2D eigenvalue weighted by atomic mass is 16.5. The van der Waals surface area contributed by atoms with E-state index in [-0.39, 0.29) is 17.9 Å². The van der Waals surface area contributed by atoms with Crippen LogP contribution in [0, 0.1) is 0 Å². The number of benzene rings is 3. The maximum absolute atomic E-state index is 11.0. The van der Waals surface area contributed by atoms with Crippen LogP contribution in [0.2, 0.25) is 0 Å². The van der Waals surface area contributed by atoms with Gasteiger partial charge in [-0.25, -0.2) is 4.79 Å². The highest BCUT2D eigenvalue weighted by Crippen LogP contribution is 2.23. The van der Waals surface area contributed by atoms with Crippen molar-refractivity contribution in [2.24, 2.45) is 0 Å². The van der Waals surface area contributed by atoms with Crippen LogP contribution in [0.3, 0.4) is 0 Å². The SMILES string of the molecule is O=C(O)c1ccc(COc2ccccc2CCc2ccccc2)cc1O. The monoisotopic (exact) mass is 348 g/mol. The van der Waals surface area contributed by atoms with Crippen molar-refractivity contribution in [3.05, 3.63) is 95.1 Å². The Kier molecular flexibility index (Phi) is 5.54. The van der Waals surface area contributed by atoms with Crippen LogP contribution in [0.5, 0.6) is 11.5 Å². The number of hydrogen-bond acceptors (Lipinski definition) is 3. The largest absolute Gasteiger partial charge is 0.507 e. The van der Waals surface area contributed by atoms with Crippen molar-refractivity contribution in [3.63, 3.8) is 0 Å². The zero-order valence-corrected chi connectivity index (χ0v) is 14.3. The van der Waals surface area contributed by atoms with Gasteiger partial charge < -0.3 is 14.9 Å². The van der Waals surface area contributed by atoms with Gasteiger partial charge in [0.2, 0.25) is 0 Å². The number of ether oxygens (including phenoxy) is 1. The molecule has 0 amide bonds. The Labute approximate surface area is 152 Å². The summed E-state index contributed by atoms with van der Waals surface area (Å²) in [4.78, 5) is 11.0. The van der Waals surface area contributed by atoms with Gasteiger partial charge in [0.05, 0.1) is 0 Å². The van der Waals surface area contributed by atoms with E-state index in [1.54, 1.807) is 6.07 Å². The highest BCUT2D eigenvalue weighted by molar-refractivity contribution is 5.90. The number of carbonyl (C=O) groups is 1. The zero-order chi connectivity index (χ0) is 18.4. The molecule has 0 radical (unpaired) electrons. The van der Waals surface area contributed by atoms with Crippen molar-refractivity contribution in [2.75, 3.05) is 0 Å². The van der Waals surface area contributed by atoms with Crippen molar-refractivity contribution < 1.29 is 19.7 Å². The number of para-hydroxylation sites is 1. The van der Waals surface area contributed by atoms with E-state index < -0.39 is 5.97 Å². The molecule has 4 nitrogen and oxygen atoms in total. The molecule has 3 aromatic rings. The van der Waals surface area contributed by atoms with Gasteiger partial charge in [0.1, 0.15) is 23.7 Å². The van der Waals surface area contributed by atoms with Gasteiger partial charge >= 0.3 is 5.97 Å². The molecule has 2 N–H and O–H groups in total. The zero-order valence-electron chi connectivity index (χ0n) is 14.3. The predicted molar refractivity (Wildman–Crippen MR) is 99.7 cm³/mol. The fraction of sp³-hybridized carbons (Fsp3) is 0.136. The van der Waals surface area contributed by atoms with Crippen molar-refractivity contribution in [3.8, 4) is 11.5 Å². The maximum atomic E-state index is 11.0. The third-order valence-corrected chi connectivity index (χ3v) is 4.19. The number of phenols is 1. The molecule has 0 saturated carbocycles. The molecule has 3 rings (SSSR count).